The molecule has 1 saturated carbocycles. The Bertz CT molecular complexity index is 1080. The van der Waals surface area contributed by atoms with Crippen LogP contribution >= 0.6 is 15.9 Å². The quantitative estimate of drug-likeness (QED) is 0.553. The fraction of sp³-hybridized carbons (Fsp3) is 0.350. The van der Waals surface area contributed by atoms with E-state index in [-0.39, 0.29) is 16.9 Å². The molecule has 1 N–H and O–H groups in total. The van der Waals surface area contributed by atoms with E-state index in [9.17, 15) is 18.0 Å². The average Bonchev–Trinajstić information content (AvgIpc) is 3.30. The van der Waals surface area contributed by atoms with Crippen molar-refractivity contribution in [2.75, 3.05) is 5.32 Å². The van der Waals surface area contributed by atoms with Gasteiger partial charge in [0.05, 0.1) is 16.7 Å². The molecule has 0 bridgehead atoms. The average molecular weight is 482 g/mol. The van der Waals surface area contributed by atoms with E-state index < -0.39 is 17.8 Å². The first kappa shape index (κ1) is 20.6. The molecule has 0 atom stereocenters. The van der Waals surface area contributed by atoms with Gasteiger partial charge in [-0.05, 0) is 41.3 Å². The second-order valence-corrected chi connectivity index (χ2v) is 8.21. The number of hydrogen-bond acceptors (Lipinski definition) is 3. The summed E-state index contributed by atoms with van der Waals surface area (Å²) in [6, 6.07) is 9.65. The Balaban J connectivity index is 1.45. The largest absolute Gasteiger partial charge is 0.436 e. The highest BCUT2D eigenvalue weighted by Crippen LogP contribution is 2.46. The lowest BCUT2D eigenvalue weighted by molar-refractivity contribution is -0.142. The molecule has 10 heteroatoms. The molecule has 1 amide bonds. The van der Waals surface area contributed by atoms with Gasteiger partial charge in [0, 0.05) is 18.2 Å². The molecule has 3 aromatic rings. The maximum atomic E-state index is 13.2. The van der Waals surface area contributed by atoms with Crippen molar-refractivity contribution in [2.24, 2.45) is 0 Å². The Hall–Kier alpha value is -2.62. The van der Waals surface area contributed by atoms with Crippen LogP contribution in [-0.4, -0.2) is 25.5 Å². The number of carbonyl (C=O) groups is 1. The SMILES string of the molecule is Cc1cccc(Cn2ccc(NC(=O)Cn3nc(C(F)(F)F)c(Br)c3C3CC3)n2)c1. The fourth-order valence-corrected chi connectivity index (χ4v) is 4.17. The number of aromatic nitrogens is 4. The summed E-state index contributed by atoms with van der Waals surface area (Å²) in [5.41, 5.74) is 1.64. The molecule has 1 aromatic carbocycles. The van der Waals surface area contributed by atoms with E-state index in [2.05, 4.69) is 31.4 Å². The van der Waals surface area contributed by atoms with Gasteiger partial charge in [0.25, 0.3) is 0 Å². The molecule has 30 heavy (non-hydrogen) atoms. The molecule has 0 unspecified atom stereocenters. The molecule has 4 rings (SSSR count). The Morgan fingerprint density at radius 3 is 2.70 bits per heavy atom. The van der Waals surface area contributed by atoms with Crippen LogP contribution in [0.4, 0.5) is 19.0 Å². The number of nitrogens with one attached hydrogen (secondary N) is 1. The summed E-state index contributed by atoms with van der Waals surface area (Å²) >= 11 is 3.02. The summed E-state index contributed by atoms with van der Waals surface area (Å²) in [4.78, 5) is 12.4. The highest BCUT2D eigenvalue weighted by atomic mass is 79.9. The summed E-state index contributed by atoms with van der Waals surface area (Å²) in [5, 5.41) is 10.6. The Labute approximate surface area is 179 Å². The molecule has 2 aromatic heterocycles. The number of amides is 1. The van der Waals surface area contributed by atoms with Crippen LogP contribution in [0.2, 0.25) is 0 Å². The van der Waals surface area contributed by atoms with Crippen LogP contribution < -0.4 is 5.32 Å². The van der Waals surface area contributed by atoms with E-state index in [0.29, 0.717) is 18.1 Å². The summed E-state index contributed by atoms with van der Waals surface area (Å²) in [6.07, 6.45) is -1.28. The maximum Gasteiger partial charge on any atom is 0.436 e. The second-order valence-electron chi connectivity index (χ2n) is 7.41. The Kier molecular flexibility index (Phi) is 5.44. The van der Waals surface area contributed by atoms with Crippen LogP contribution in [0.1, 0.15) is 41.3 Å². The van der Waals surface area contributed by atoms with E-state index in [1.807, 2.05) is 31.2 Å². The molecule has 6 nitrogen and oxygen atoms in total. The van der Waals surface area contributed by atoms with Gasteiger partial charge in [-0.2, -0.15) is 23.4 Å². The second kappa shape index (κ2) is 7.90. The van der Waals surface area contributed by atoms with Gasteiger partial charge in [-0.3, -0.25) is 14.2 Å². The zero-order valence-electron chi connectivity index (χ0n) is 16.1. The standard InChI is InChI=1S/C20H19BrF3N5O/c1-12-3-2-4-13(9-12)10-28-8-7-15(26-28)25-16(30)11-29-18(14-5-6-14)17(21)19(27-29)20(22,23)24/h2-4,7-9,14H,5-6,10-11H2,1H3,(H,25,26,30). The molecule has 158 valence electrons. The first-order valence-corrected chi connectivity index (χ1v) is 10.2. The Morgan fingerprint density at radius 1 is 1.27 bits per heavy atom. The first-order chi connectivity index (χ1) is 14.2. The minimum atomic E-state index is -4.58. The lowest BCUT2D eigenvalue weighted by Crippen LogP contribution is -2.21. The van der Waals surface area contributed by atoms with E-state index in [1.54, 1.807) is 16.9 Å². The third-order valence-corrected chi connectivity index (χ3v) is 5.57. The summed E-state index contributed by atoms with van der Waals surface area (Å²) in [7, 11) is 0. The van der Waals surface area contributed by atoms with Crippen molar-refractivity contribution in [1.29, 1.82) is 0 Å². The van der Waals surface area contributed by atoms with Gasteiger partial charge >= 0.3 is 6.18 Å². The van der Waals surface area contributed by atoms with Crippen molar-refractivity contribution < 1.29 is 18.0 Å². The summed E-state index contributed by atoms with van der Waals surface area (Å²) in [5.74, 6) is -0.159. The number of aryl methyl sites for hydroxylation is 1. The molecule has 1 fully saturated rings. The van der Waals surface area contributed by atoms with E-state index in [0.717, 1.165) is 28.7 Å². The van der Waals surface area contributed by atoms with Gasteiger partial charge in [-0.25, -0.2) is 0 Å². The van der Waals surface area contributed by atoms with Crippen molar-refractivity contribution in [2.45, 2.75) is 44.9 Å². The lowest BCUT2D eigenvalue weighted by Gasteiger charge is -2.07. The molecule has 1 aliphatic carbocycles. The zero-order chi connectivity index (χ0) is 21.5. The normalized spacial score (nSPS) is 14.2. The number of halogens is 4. The molecule has 1 aliphatic rings. The molecule has 0 spiro atoms. The first-order valence-electron chi connectivity index (χ1n) is 9.43. The maximum absolute atomic E-state index is 13.2. The highest BCUT2D eigenvalue weighted by molar-refractivity contribution is 9.10. The van der Waals surface area contributed by atoms with Crippen LogP contribution in [0.5, 0.6) is 0 Å². The number of hydrogen-bond donors (Lipinski definition) is 1. The molecule has 2 heterocycles. The molecular formula is C20H19BrF3N5O. The summed E-state index contributed by atoms with van der Waals surface area (Å²) in [6.45, 7) is 2.24. The van der Waals surface area contributed by atoms with Crippen molar-refractivity contribution in [3.8, 4) is 0 Å². The predicted molar refractivity (Wildman–Crippen MR) is 108 cm³/mol. The Morgan fingerprint density at radius 2 is 2.03 bits per heavy atom. The number of benzene rings is 1. The third kappa shape index (κ3) is 4.58. The topological polar surface area (TPSA) is 64.7 Å². The van der Waals surface area contributed by atoms with Gasteiger partial charge in [0.15, 0.2) is 11.5 Å². The number of carbonyl (C=O) groups excluding carboxylic acids is 1. The molecule has 0 aliphatic heterocycles. The van der Waals surface area contributed by atoms with Crippen LogP contribution in [0.25, 0.3) is 0 Å². The van der Waals surface area contributed by atoms with Crippen LogP contribution in [0, 0.1) is 6.92 Å². The molecule has 0 radical (unpaired) electrons. The van der Waals surface area contributed by atoms with Gasteiger partial charge in [0.2, 0.25) is 5.91 Å². The van der Waals surface area contributed by atoms with E-state index in [4.69, 9.17) is 0 Å². The van der Waals surface area contributed by atoms with Crippen LogP contribution in [-0.2, 0) is 24.1 Å². The fourth-order valence-electron chi connectivity index (χ4n) is 3.33. The van der Waals surface area contributed by atoms with Gasteiger partial charge in [-0.15, -0.1) is 0 Å². The number of rotatable bonds is 6. The van der Waals surface area contributed by atoms with Crippen molar-refractivity contribution in [3.05, 3.63) is 63.5 Å². The van der Waals surface area contributed by atoms with E-state index >= 15 is 0 Å². The van der Waals surface area contributed by atoms with Crippen LogP contribution in [0.15, 0.2) is 41.0 Å². The predicted octanol–water partition coefficient (Wildman–Crippen LogP) is 4.73. The number of alkyl halides is 3. The molecular weight excluding hydrogens is 463 g/mol. The van der Waals surface area contributed by atoms with Gasteiger partial charge in [-0.1, -0.05) is 29.8 Å². The third-order valence-electron chi connectivity index (χ3n) is 4.79. The summed E-state index contributed by atoms with van der Waals surface area (Å²) < 4.78 is 42.3. The van der Waals surface area contributed by atoms with Crippen molar-refractivity contribution in [1.82, 2.24) is 19.6 Å². The smallest absolute Gasteiger partial charge is 0.308 e. The van der Waals surface area contributed by atoms with Crippen molar-refractivity contribution >= 4 is 27.7 Å². The zero-order valence-corrected chi connectivity index (χ0v) is 17.7. The monoisotopic (exact) mass is 481 g/mol. The number of nitrogens with zero attached hydrogens (tertiary/aromatic N) is 4. The van der Waals surface area contributed by atoms with Gasteiger partial charge < -0.3 is 5.32 Å². The van der Waals surface area contributed by atoms with E-state index in [1.165, 1.54) is 0 Å². The highest BCUT2D eigenvalue weighted by Gasteiger charge is 2.41. The van der Waals surface area contributed by atoms with Gasteiger partial charge in [0.1, 0.15) is 6.54 Å². The minimum Gasteiger partial charge on any atom is -0.308 e. The number of anilines is 1. The lowest BCUT2D eigenvalue weighted by atomic mass is 10.1. The van der Waals surface area contributed by atoms with Crippen LogP contribution in [0.3, 0.4) is 0 Å². The van der Waals surface area contributed by atoms with Crippen molar-refractivity contribution in [3.63, 3.8) is 0 Å². The molecule has 0 saturated heterocycles. The minimum absolute atomic E-state index is 0.00990.